The molecule has 142 valence electrons. The van der Waals surface area contributed by atoms with Gasteiger partial charge in [-0.1, -0.05) is 24.3 Å². The van der Waals surface area contributed by atoms with Crippen molar-refractivity contribution < 1.29 is 9.53 Å². The number of aromatic nitrogens is 1. The molecule has 1 aromatic carbocycles. The third-order valence-corrected chi connectivity index (χ3v) is 5.76. The number of carbonyl (C=O) groups is 1. The number of rotatable bonds is 5. The fourth-order valence-corrected chi connectivity index (χ4v) is 4.17. The van der Waals surface area contributed by atoms with E-state index in [0.717, 1.165) is 45.3 Å². The summed E-state index contributed by atoms with van der Waals surface area (Å²) in [5.41, 5.74) is 1.98. The Morgan fingerprint density at radius 3 is 2.70 bits per heavy atom. The van der Waals surface area contributed by atoms with E-state index in [1.807, 2.05) is 48.8 Å². The Hall–Kier alpha value is -2.24. The molecule has 1 spiro atoms. The summed E-state index contributed by atoms with van der Waals surface area (Å²) in [5, 5.41) is 3.02. The minimum absolute atomic E-state index is 0.00752. The number of benzene rings is 1. The molecule has 1 atom stereocenters. The Morgan fingerprint density at radius 2 is 1.96 bits per heavy atom. The Labute approximate surface area is 160 Å². The zero-order valence-corrected chi connectivity index (χ0v) is 15.6. The largest absolute Gasteiger partial charge is 0.370 e. The van der Waals surface area contributed by atoms with Gasteiger partial charge in [0.25, 0.3) is 5.91 Å². The number of piperidine rings is 1. The van der Waals surface area contributed by atoms with Gasteiger partial charge in [-0.25, -0.2) is 0 Å². The van der Waals surface area contributed by atoms with Crippen LogP contribution in [0, 0.1) is 0 Å². The van der Waals surface area contributed by atoms with Crippen LogP contribution in [0.2, 0.25) is 0 Å². The van der Waals surface area contributed by atoms with Gasteiger partial charge in [-0.3, -0.25) is 14.7 Å². The number of hydrogen-bond acceptors (Lipinski definition) is 4. The van der Waals surface area contributed by atoms with Gasteiger partial charge in [0.1, 0.15) is 0 Å². The van der Waals surface area contributed by atoms with Crippen molar-refractivity contribution in [2.75, 3.05) is 19.6 Å². The molecule has 2 saturated heterocycles. The molecule has 1 aromatic heterocycles. The van der Waals surface area contributed by atoms with Gasteiger partial charge in [0.2, 0.25) is 0 Å². The van der Waals surface area contributed by atoms with Crippen molar-refractivity contribution in [3.05, 3.63) is 66.0 Å². The Kier molecular flexibility index (Phi) is 5.50. The number of hydrogen-bond donors (Lipinski definition) is 1. The SMILES string of the molecule is O=C(NCC1CCC2(CCN(Cc3cccnc3)CC2)O1)c1ccccc1. The normalized spacial score (nSPS) is 22.0. The van der Waals surface area contributed by atoms with Crippen LogP contribution in [0.1, 0.15) is 41.6 Å². The van der Waals surface area contributed by atoms with Crippen LogP contribution in [0.5, 0.6) is 0 Å². The summed E-state index contributed by atoms with van der Waals surface area (Å²) in [7, 11) is 0. The maximum absolute atomic E-state index is 12.2. The Bertz CT molecular complexity index is 743. The number of ether oxygens (including phenoxy) is 1. The molecule has 2 fully saturated rings. The van der Waals surface area contributed by atoms with Crippen molar-refractivity contribution in [2.24, 2.45) is 0 Å². The fourth-order valence-electron chi connectivity index (χ4n) is 4.17. The van der Waals surface area contributed by atoms with Crippen molar-refractivity contribution in [2.45, 2.75) is 43.9 Å². The Morgan fingerprint density at radius 1 is 1.15 bits per heavy atom. The van der Waals surface area contributed by atoms with Crippen molar-refractivity contribution in [3.8, 4) is 0 Å². The maximum Gasteiger partial charge on any atom is 0.251 e. The first-order valence-electron chi connectivity index (χ1n) is 9.85. The first kappa shape index (κ1) is 18.1. The average molecular weight is 365 g/mol. The van der Waals surface area contributed by atoms with Crippen LogP contribution >= 0.6 is 0 Å². The van der Waals surface area contributed by atoms with Gasteiger partial charge >= 0.3 is 0 Å². The number of amides is 1. The molecule has 2 aliphatic heterocycles. The number of pyridine rings is 1. The monoisotopic (exact) mass is 365 g/mol. The van der Waals surface area contributed by atoms with E-state index in [2.05, 4.69) is 21.3 Å². The summed E-state index contributed by atoms with van der Waals surface area (Å²) >= 11 is 0. The lowest BCUT2D eigenvalue weighted by Crippen LogP contribution is -2.44. The van der Waals surface area contributed by atoms with Crippen LogP contribution in [0.25, 0.3) is 0 Å². The summed E-state index contributed by atoms with van der Waals surface area (Å²) < 4.78 is 6.42. The molecule has 0 radical (unpaired) electrons. The number of carbonyl (C=O) groups excluding carboxylic acids is 1. The zero-order valence-electron chi connectivity index (χ0n) is 15.6. The molecule has 0 bridgehead atoms. The summed E-state index contributed by atoms with van der Waals surface area (Å²) in [5.74, 6) is -0.0218. The molecule has 0 aliphatic carbocycles. The highest BCUT2D eigenvalue weighted by molar-refractivity contribution is 5.94. The average Bonchev–Trinajstić information content (AvgIpc) is 3.12. The molecule has 27 heavy (non-hydrogen) atoms. The van der Waals surface area contributed by atoms with Crippen molar-refractivity contribution >= 4 is 5.91 Å². The molecule has 5 nitrogen and oxygen atoms in total. The van der Waals surface area contributed by atoms with E-state index < -0.39 is 0 Å². The highest BCUT2D eigenvalue weighted by atomic mass is 16.5. The summed E-state index contributed by atoms with van der Waals surface area (Å²) in [6, 6.07) is 13.5. The lowest BCUT2D eigenvalue weighted by Gasteiger charge is -2.39. The molecule has 4 rings (SSSR count). The maximum atomic E-state index is 12.2. The quantitative estimate of drug-likeness (QED) is 0.885. The summed E-state index contributed by atoms with van der Waals surface area (Å²) in [4.78, 5) is 18.9. The van der Waals surface area contributed by atoms with E-state index in [-0.39, 0.29) is 17.6 Å². The van der Waals surface area contributed by atoms with Crippen LogP contribution in [0.15, 0.2) is 54.9 Å². The second-order valence-electron chi connectivity index (χ2n) is 7.68. The van der Waals surface area contributed by atoms with Gasteiger partial charge in [0, 0.05) is 44.1 Å². The fraction of sp³-hybridized carbons (Fsp3) is 0.455. The van der Waals surface area contributed by atoms with E-state index in [9.17, 15) is 4.79 Å². The van der Waals surface area contributed by atoms with Gasteiger partial charge in [-0.15, -0.1) is 0 Å². The third kappa shape index (κ3) is 4.54. The van der Waals surface area contributed by atoms with E-state index in [4.69, 9.17) is 4.74 Å². The highest BCUT2D eigenvalue weighted by Gasteiger charge is 2.42. The molecule has 2 aromatic rings. The second kappa shape index (κ2) is 8.19. The minimum Gasteiger partial charge on any atom is -0.370 e. The number of nitrogens with zero attached hydrogens (tertiary/aromatic N) is 2. The van der Waals surface area contributed by atoms with Crippen LogP contribution in [-0.2, 0) is 11.3 Å². The van der Waals surface area contributed by atoms with E-state index >= 15 is 0 Å². The third-order valence-electron chi connectivity index (χ3n) is 5.76. The van der Waals surface area contributed by atoms with Gasteiger partial charge in [-0.05, 0) is 49.4 Å². The lowest BCUT2D eigenvalue weighted by atomic mass is 9.88. The number of nitrogens with one attached hydrogen (secondary N) is 1. The molecule has 3 heterocycles. The summed E-state index contributed by atoms with van der Waals surface area (Å²) in [6.45, 7) is 3.66. The van der Waals surface area contributed by atoms with E-state index in [1.165, 1.54) is 5.56 Å². The van der Waals surface area contributed by atoms with Crippen molar-refractivity contribution in [1.29, 1.82) is 0 Å². The van der Waals surface area contributed by atoms with Crippen LogP contribution < -0.4 is 5.32 Å². The van der Waals surface area contributed by atoms with Gasteiger partial charge in [-0.2, -0.15) is 0 Å². The zero-order chi connectivity index (χ0) is 18.5. The number of likely N-dealkylation sites (tertiary alicyclic amines) is 1. The van der Waals surface area contributed by atoms with Crippen LogP contribution in [0.4, 0.5) is 0 Å². The predicted molar refractivity (Wildman–Crippen MR) is 104 cm³/mol. The molecular weight excluding hydrogens is 338 g/mol. The van der Waals surface area contributed by atoms with E-state index in [0.29, 0.717) is 12.1 Å². The molecule has 2 aliphatic rings. The van der Waals surface area contributed by atoms with Gasteiger partial charge in [0.15, 0.2) is 0 Å². The molecule has 0 saturated carbocycles. The predicted octanol–water partition coefficient (Wildman–Crippen LogP) is 3.03. The molecule has 1 amide bonds. The standard InChI is InChI=1S/C22H27N3O2/c26-21(19-6-2-1-3-7-19)24-16-20-8-9-22(27-20)10-13-25(14-11-22)17-18-5-4-12-23-15-18/h1-7,12,15,20H,8-11,13-14,16-17H2,(H,24,26). The topological polar surface area (TPSA) is 54.5 Å². The first-order valence-corrected chi connectivity index (χ1v) is 9.85. The van der Waals surface area contributed by atoms with Crippen LogP contribution in [0.3, 0.4) is 0 Å². The van der Waals surface area contributed by atoms with Crippen molar-refractivity contribution in [3.63, 3.8) is 0 Å². The van der Waals surface area contributed by atoms with Crippen LogP contribution in [-0.4, -0.2) is 47.1 Å². The van der Waals surface area contributed by atoms with E-state index in [1.54, 1.807) is 0 Å². The lowest BCUT2D eigenvalue weighted by molar-refractivity contribution is -0.0764. The second-order valence-corrected chi connectivity index (χ2v) is 7.68. The first-order chi connectivity index (χ1) is 13.2. The van der Waals surface area contributed by atoms with Gasteiger partial charge in [0.05, 0.1) is 11.7 Å². The van der Waals surface area contributed by atoms with Crippen molar-refractivity contribution in [1.82, 2.24) is 15.2 Å². The Balaban J connectivity index is 1.23. The highest BCUT2D eigenvalue weighted by Crippen LogP contribution is 2.39. The molecular formula is C22H27N3O2. The molecule has 5 heteroatoms. The molecule has 1 unspecified atom stereocenters. The summed E-state index contributed by atoms with van der Waals surface area (Å²) in [6.07, 6.45) is 8.14. The minimum atomic E-state index is -0.0218. The molecule has 1 N–H and O–H groups in total. The van der Waals surface area contributed by atoms with Gasteiger partial charge < -0.3 is 10.1 Å². The smallest absolute Gasteiger partial charge is 0.251 e.